The molecule has 0 bridgehead atoms. The molecule has 80 valence electrons. The summed E-state index contributed by atoms with van der Waals surface area (Å²) < 4.78 is 6.86. The van der Waals surface area contributed by atoms with E-state index in [0.29, 0.717) is 5.56 Å². The van der Waals surface area contributed by atoms with Crippen molar-refractivity contribution in [3.8, 4) is 0 Å². The van der Waals surface area contributed by atoms with Gasteiger partial charge in [-0.25, -0.2) is 4.79 Å². The van der Waals surface area contributed by atoms with Gasteiger partial charge in [0, 0.05) is 8.04 Å². The fraction of sp³-hybridized carbons (Fsp3) is 0.364. The Hall–Kier alpha value is -0.100. The summed E-state index contributed by atoms with van der Waals surface area (Å²) in [7, 11) is 1.42. The Labute approximate surface area is 111 Å². The summed E-state index contributed by atoms with van der Waals surface area (Å²) in [6.45, 7) is 0. The van der Waals surface area contributed by atoms with Crippen molar-refractivity contribution in [2.75, 3.05) is 7.11 Å². The number of fused-ring (bicyclic) bond motifs is 1. The van der Waals surface area contributed by atoms with Crippen molar-refractivity contribution in [1.29, 1.82) is 0 Å². The molecule has 0 radical (unpaired) electrons. The van der Waals surface area contributed by atoms with Crippen LogP contribution in [0.5, 0.6) is 0 Å². The molecule has 0 saturated heterocycles. The van der Waals surface area contributed by atoms with Gasteiger partial charge in [0.2, 0.25) is 0 Å². The summed E-state index contributed by atoms with van der Waals surface area (Å²) in [5.74, 6) is -0.255. The third-order valence-corrected chi connectivity index (χ3v) is 4.62. The van der Waals surface area contributed by atoms with Crippen LogP contribution in [-0.4, -0.2) is 13.1 Å². The van der Waals surface area contributed by atoms with Gasteiger partial charge in [0.25, 0.3) is 0 Å². The molecule has 15 heavy (non-hydrogen) atoms. The lowest BCUT2D eigenvalue weighted by Crippen LogP contribution is -2.06. The van der Waals surface area contributed by atoms with Crippen LogP contribution in [0.2, 0.25) is 0 Å². The van der Waals surface area contributed by atoms with Crippen LogP contribution in [0, 0.1) is 3.57 Å². The Kier molecular flexibility index (Phi) is 3.35. The van der Waals surface area contributed by atoms with Gasteiger partial charge in [-0.15, -0.1) is 0 Å². The fourth-order valence-electron chi connectivity index (χ4n) is 1.95. The van der Waals surface area contributed by atoms with Gasteiger partial charge in [0.05, 0.1) is 12.7 Å². The standard InChI is InChI=1S/C11H10BrIO2/c1-15-11(14)8-5-9(12)6-3-2-4-7(6)10(8)13/h5H,2-4H2,1H3. The molecule has 0 amide bonds. The highest BCUT2D eigenvalue weighted by Gasteiger charge is 2.22. The van der Waals surface area contributed by atoms with Crippen molar-refractivity contribution < 1.29 is 9.53 Å². The molecule has 0 N–H and O–H groups in total. The van der Waals surface area contributed by atoms with Crippen LogP contribution < -0.4 is 0 Å². The summed E-state index contributed by atoms with van der Waals surface area (Å²) >= 11 is 5.76. The molecule has 0 atom stereocenters. The second-order valence-corrected chi connectivity index (χ2v) is 5.46. The van der Waals surface area contributed by atoms with Crippen LogP contribution in [-0.2, 0) is 17.6 Å². The Morgan fingerprint density at radius 2 is 2.13 bits per heavy atom. The van der Waals surface area contributed by atoms with Crippen LogP contribution in [0.25, 0.3) is 0 Å². The Bertz CT molecular complexity index is 429. The molecule has 2 nitrogen and oxygen atoms in total. The maximum Gasteiger partial charge on any atom is 0.338 e. The molecule has 1 aromatic carbocycles. The zero-order valence-electron chi connectivity index (χ0n) is 8.27. The monoisotopic (exact) mass is 380 g/mol. The molecule has 1 aliphatic rings. The van der Waals surface area contributed by atoms with Gasteiger partial charge < -0.3 is 4.74 Å². The van der Waals surface area contributed by atoms with Crippen molar-refractivity contribution in [1.82, 2.24) is 0 Å². The quantitative estimate of drug-likeness (QED) is 0.551. The lowest BCUT2D eigenvalue weighted by atomic mass is 10.1. The first-order chi connectivity index (χ1) is 7.15. The lowest BCUT2D eigenvalue weighted by Gasteiger charge is -2.10. The Balaban J connectivity index is 2.59. The molecule has 0 aliphatic heterocycles. The molecule has 2 rings (SSSR count). The van der Waals surface area contributed by atoms with Crippen molar-refractivity contribution >= 4 is 44.5 Å². The number of carbonyl (C=O) groups is 1. The Morgan fingerprint density at radius 3 is 2.80 bits per heavy atom. The van der Waals surface area contributed by atoms with Gasteiger partial charge in [0.1, 0.15) is 0 Å². The molecule has 0 fully saturated rings. The fourth-order valence-corrected chi connectivity index (χ4v) is 3.59. The van der Waals surface area contributed by atoms with E-state index in [1.807, 2.05) is 6.07 Å². The van der Waals surface area contributed by atoms with E-state index in [9.17, 15) is 4.79 Å². The largest absolute Gasteiger partial charge is 0.465 e. The van der Waals surface area contributed by atoms with Gasteiger partial charge in [-0.3, -0.25) is 0 Å². The number of hydrogen-bond acceptors (Lipinski definition) is 2. The summed E-state index contributed by atoms with van der Waals surface area (Å²) in [6, 6.07) is 1.87. The van der Waals surface area contributed by atoms with Crippen LogP contribution in [0.4, 0.5) is 0 Å². The average Bonchev–Trinajstić information content (AvgIpc) is 2.71. The van der Waals surface area contributed by atoms with Crippen molar-refractivity contribution in [2.24, 2.45) is 0 Å². The first-order valence-corrected chi connectivity index (χ1v) is 6.60. The van der Waals surface area contributed by atoms with Crippen molar-refractivity contribution in [3.05, 3.63) is 30.8 Å². The maximum absolute atomic E-state index is 11.5. The number of benzene rings is 1. The number of esters is 1. The molecule has 0 spiro atoms. The van der Waals surface area contributed by atoms with Crippen LogP contribution >= 0.6 is 38.5 Å². The van der Waals surface area contributed by atoms with Crippen LogP contribution in [0.3, 0.4) is 0 Å². The van der Waals surface area contributed by atoms with E-state index in [4.69, 9.17) is 4.74 Å². The Morgan fingerprint density at radius 1 is 1.47 bits per heavy atom. The topological polar surface area (TPSA) is 26.3 Å². The second-order valence-electron chi connectivity index (χ2n) is 3.52. The second kappa shape index (κ2) is 4.41. The van der Waals surface area contributed by atoms with Gasteiger partial charge >= 0.3 is 5.97 Å². The zero-order valence-corrected chi connectivity index (χ0v) is 12.0. The minimum absolute atomic E-state index is 0.255. The van der Waals surface area contributed by atoms with E-state index < -0.39 is 0 Å². The summed E-state index contributed by atoms with van der Waals surface area (Å²) in [5.41, 5.74) is 3.34. The van der Waals surface area contributed by atoms with Gasteiger partial charge in [-0.05, 0) is 59.0 Å². The molecule has 1 aliphatic carbocycles. The SMILES string of the molecule is COC(=O)c1cc(Br)c2c(c1I)CCC2. The summed E-state index contributed by atoms with van der Waals surface area (Å²) in [5, 5.41) is 0. The van der Waals surface area contributed by atoms with Crippen LogP contribution in [0.15, 0.2) is 10.5 Å². The number of halogens is 2. The van der Waals surface area contributed by atoms with Gasteiger partial charge in [0.15, 0.2) is 0 Å². The molecule has 0 saturated carbocycles. The van der Waals surface area contributed by atoms with E-state index in [1.165, 1.54) is 24.7 Å². The van der Waals surface area contributed by atoms with Crippen molar-refractivity contribution in [3.63, 3.8) is 0 Å². The number of hydrogen-bond donors (Lipinski definition) is 0. The normalized spacial score (nSPS) is 13.8. The third-order valence-electron chi connectivity index (χ3n) is 2.68. The molecule has 1 aromatic rings. The highest BCUT2D eigenvalue weighted by molar-refractivity contribution is 14.1. The average molecular weight is 381 g/mol. The molecule has 0 heterocycles. The summed E-state index contributed by atoms with van der Waals surface area (Å²) in [4.78, 5) is 11.5. The molecule has 0 aromatic heterocycles. The third kappa shape index (κ3) is 1.93. The summed E-state index contributed by atoms with van der Waals surface area (Å²) in [6.07, 6.45) is 3.35. The molecule has 0 unspecified atom stereocenters. The van der Waals surface area contributed by atoms with Crippen molar-refractivity contribution in [2.45, 2.75) is 19.3 Å². The van der Waals surface area contributed by atoms with E-state index in [-0.39, 0.29) is 5.97 Å². The maximum atomic E-state index is 11.5. The first-order valence-electron chi connectivity index (χ1n) is 4.73. The van der Waals surface area contributed by atoms with E-state index in [1.54, 1.807) is 0 Å². The van der Waals surface area contributed by atoms with Crippen LogP contribution in [0.1, 0.15) is 27.9 Å². The molecular formula is C11H10BrIO2. The molecular weight excluding hydrogens is 371 g/mol. The highest BCUT2D eigenvalue weighted by Crippen LogP contribution is 2.35. The number of rotatable bonds is 1. The number of methoxy groups -OCH3 is 1. The predicted octanol–water partition coefficient (Wildman–Crippen LogP) is 3.33. The zero-order chi connectivity index (χ0) is 11.0. The smallest absolute Gasteiger partial charge is 0.338 e. The number of ether oxygens (including phenoxy) is 1. The molecule has 4 heteroatoms. The van der Waals surface area contributed by atoms with Gasteiger partial charge in [-0.1, -0.05) is 15.9 Å². The lowest BCUT2D eigenvalue weighted by molar-refractivity contribution is 0.0599. The minimum atomic E-state index is -0.255. The van der Waals surface area contributed by atoms with E-state index in [2.05, 4.69) is 38.5 Å². The number of carbonyl (C=O) groups excluding carboxylic acids is 1. The van der Waals surface area contributed by atoms with E-state index in [0.717, 1.165) is 20.9 Å². The first kappa shape index (κ1) is 11.4. The van der Waals surface area contributed by atoms with Gasteiger partial charge in [-0.2, -0.15) is 0 Å². The minimum Gasteiger partial charge on any atom is -0.465 e. The predicted molar refractivity (Wildman–Crippen MR) is 70.2 cm³/mol. The van der Waals surface area contributed by atoms with E-state index >= 15 is 0 Å². The highest BCUT2D eigenvalue weighted by atomic mass is 127.